The molecule has 2 aromatic rings. The maximum absolute atomic E-state index is 12.9. The van der Waals surface area contributed by atoms with E-state index in [0.717, 1.165) is 5.56 Å². The zero-order valence-electron chi connectivity index (χ0n) is 21.1. The second-order valence-corrected chi connectivity index (χ2v) is 10.7. The molecule has 2 aliphatic carbocycles. The third-order valence-corrected chi connectivity index (χ3v) is 8.49. The standard InChI is InChI=1S/C28H33NO6/c1-15-11-16(2)24-27(5,12-15)25(19-7-9-20(10-8-19)29(31)32)28(24)13-21(34-14-28)23-17(3)22(30)18(4)26(33-6)35-23/h7-12,21,24-25,29,31H,13-14H2,1-6H3/t21-,24+,25-,27-,28+/m1/s1. The van der Waals surface area contributed by atoms with Crippen LogP contribution in [0.3, 0.4) is 0 Å². The molecule has 2 heterocycles. The Morgan fingerprint density at radius 2 is 1.80 bits per heavy atom. The fourth-order valence-corrected chi connectivity index (χ4v) is 7.60. The molecule has 7 heteroatoms. The van der Waals surface area contributed by atoms with Gasteiger partial charge in [-0.2, -0.15) is 5.23 Å². The van der Waals surface area contributed by atoms with E-state index in [-0.39, 0.29) is 45.8 Å². The summed E-state index contributed by atoms with van der Waals surface area (Å²) in [7, 11) is 1.50. The normalized spacial score (nSPS) is 32.5. The van der Waals surface area contributed by atoms with Crippen LogP contribution >= 0.6 is 0 Å². The van der Waals surface area contributed by atoms with Crippen LogP contribution in [-0.4, -0.2) is 18.9 Å². The first kappa shape index (κ1) is 24.0. The van der Waals surface area contributed by atoms with E-state index in [2.05, 4.69) is 32.9 Å². The lowest BCUT2D eigenvalue weighted by Crippen LogP contribution is -2.99. The SMILES string of the molecule is COc1oc([C@H]2C[C@@]3(CO2)[C@H](c2ccc([NH+]([O-])O)cc2)[C@]2(C)C=C(C)C=C(C)[C@@H]23)c(C)c(=O)c1C. The summed E-state index contributed by atoms with van der Waals surface area (Å²) in [5, 5.41) is 19.9. The van der Waals surface area contributed by atoms with Crippen molar-refractivity contribution >= 4 is 5.69 Å². The van der Waals surface area contributed by atoms with E-state index < -0.39 is 5.23 Å². The Balaban J connectivity index is 1.59. The van der Waals surface area contributed by atoms with Crippen molar-refractivity contribution in [2.45, 2.75) is 53.1 Å². The Kier molecular flexibility index (Phi) is 5.60. The van der Waals surface area contributed by atoms with Crippen molar-refractivity contribution in [1.82, 2.24) is 0 Å². The van der Waals surface area contributed by atoms with Crippen LogP contribution in [0.5, 0.6) is 5.95 Å². The van der Waals surface area contributed by atoms with Gasteiger partial charge in [-0.3, -0.25) is 4.79 Å². The van der Waals surface area contributed by atoms with Crippen LogP contribution in [0.25, 0.3) is 0 Å². The molecule has 3 aliphatic rings. The summed E-state index contributed by atoms with van der Waals surface area (Å²) in [6, 6.07) is 7.26. The van der Waals surface area contributed by atoms with Gasteiger partial charge in [0.25, 0.3) is 5.95 Å². The van der Waals surface area contributed by atoms with Gasteiger partial charge >= 0.3 is 0 Å². The lowest BCUT2D eigenvalue weighted by Gasteiger charge is -2.67. The zero-order valence-corrected chi connectivity index (χ0v) is 21.1. The predicted molar refractivity (Wildman–Crippen MR) is 131 cm³/mol. The maximum atomic E-state index is 12.9. The number of methoxy groups -OCH3 is 1. The minimum atomic E-state index is -0.931. The topological polar surface area (TPSA) is 96.4 Å². The molecular weight excluding hydrogens is 446 g/mol. The summed E-state index contributed by atoms with van der Waals surface area (Å²) in [5.41, 5.74) is 4.56. The fraction of sp³-hybridized carbons (Fsp3) is 0.464. The molecule has 1 aliphatic heterocycles. The average Bonchev–Trinajstić information content (AvgIpc) is 3.23. The molecule has 0 radical (unpaired) electrons. The van der Waals surface area contributed by atoms with Crippen molar-refractivity contribution < 1.29 is 24.3 Å². The van der Waals surface area contributed by atoms with Crippen molar-refractivity contribution in [3.05, 3.63) is 85.4 Å². The number of hydrogen-bond acceptors (Lipinski definition) is 6. The maximum Gasteiger partial charge on any atom is 0.291 e. The van der Waals surface area contributed by atoms with Gasteiger partial charge < -0.3 is 19.1 Å². The second kappa shape index (κ2) is 8.17. The van der Waals surface area contributed by atoms with E-state index in [1.54, 1.807) is 26.0 Å². The third kappa shape index (κ3) is 3.37. The highest BCUT2D eigenvalue weighted by atomic mass is 16.8. The summed E-state index contributed by atoms with van der Waals surface area (Å²) in [5.74, 6) is 1.16. The van der Waals surface area contributed by atoms with Gasteiger partial charge in [-0.15, -0.1) is 0 Å². The molecule has 1 aromatic heterocycles. The zero-order chi connectivity index (χ0) is 25.3. The highest BCUT2D eigenvalue weighted by molar-refractivity contribution is 5.48. The first-order valence-electron chi connectivity index (χ1n) is 12.0. The molecule has 1 spiro atoms. The van der Waals surface area contributed by atoms with Crippen LogP contribution in [0, 0.1) is 35.8 Å². The number of hydrogen-bond donors (Lipinski definition) is 2. The van der Waals surface area contributed by atoms with Crippen molar-refractivity contribution in [3.8, 4) is 5.95 Å². The summed E-state index contributed by atoms with van der Waals surface area (Å²) in [4.78, 5) is 12.9. The Morgan fingerprint density at radius 1 is 1.11 bits per heavy atom. The van der Waals surface area contributed by atoms with Crippen LogP contribution < -0.4 is 15.4 Å². The number of ether oxygens (including phenoxy) is 2. The average molecular weight is 480 g/mol. The Labute approximate surface area is 205 Å². The molecule has 1 saturated carbocycles. The smallest absolute Gasteiger partial charge is 0.291 e. The molecule has 186 valence electrons. The van der Waals surface area contributed by atoms with E-state index >= 15 is 0 Å². The predicted octanol–water partition coefficient (Wildman–Crippen LogP) is 4.44. The fourth-order valence-electron chi connectivity index (χ4n) is 7.60. The number of allylic oxidation sites excluding steroid dienone is 4. The van der Waals surface area contributed by atoms with Crippen molar-refractivity contribution in [3.63, 3.8) is 0 Å². The summed E-state index contributed by atoms with van der Waals surface area (Å²) in [6.07, 6.45) is 4.96. The Bertz CT molecular complexity index is 1290. The molecule has 2 N–H and O–H groups in total. The van der Waals surface area contributed by atoms with Gasteiger partial charge in [-0.1, -0.05) is 42.4 Å². The number of fused-ring (bicyclic) bond motifs is 2. The molecule has 6 atom stereocenters. The van der Waals surface area contributed by atoms with E-state index in [1.165, 1.54) is 18.3 Å². The molecular formula is C28H33NO6. The van der Waals surface area contributed by atoms with E-state index in [4.69, 9.17) is 13.9 Å². The number of quaternary nitrogens is 1. The van der Waals surface area contributed by atoms with Crippen molar-refractivity contribution in [1.29, 1.82) is 0 Å². The van der Waals surface area contributed by atoms with E-state index in [0.29, 0.717) is 29.9 Å². The van der Waals surface area contributed by atoms with Gasteiger partial charge in [0.15, 0.2) is 11.1 Å². The lowest BCUT2D eigenvalue weighted by atomic mass is 9.35. The van der Waals surface area contributed by atoms with Gasteiger partial charge in [0.2, 0.25) is 0 Å². The molecule has 1 aromatic carbocycles. The first-order valence-corrected chi connectivity index (χ1v) is 12.0. The second-order valence-electron chi connectivity index (χ2n) is 10.7. The lowest BCUT2D eigenvalue weighted by molar-refractivity contribution is -0.991. The summed E-state index contributed by atoms with van der Waals surface area (Å²) >= 11 is 0. The Morgan fingerprint density at radius 3 is 2.43 bits per heavy atom. The molecule has 35 heavy (non-hydrogen) atoms. The first-order chi connectivity index (χ1) is 16.5. The minimum absolute atomic E-state index is 0.0841. The summed E-state index contributed by atoms with van der Waals surface area (Å²) in [6.45, 7) is 10.6. The number of benzene rings is 1. The highest BCUT2D eigenvalue weighted by Gasteiger charge is 2.71. The van der Waals surface area contributed by atoms with Gasteiger partial charge in [0.05, 0.1) is 19.3 Å². The van der Waals surface area contributed by atoms with E-state index in [1.807, 2.05) is 12.1 Å². The van der Waals surface area contributed by atoms with Crippen LogP contribution in [0.1, 0.15) is 61.7 Å². The Hall–Kier alpha value is -2.71. The van der Waals surface area contributed by atoms with Crippen LogP contribution in [0.15, 0.2) is 56.8 Å². The molecule has 2 fully saturated rings. The van der Waals surface area contributed by atoms with Gasteiger partial charge in [0.1, 0.15) is 11.9 Å². The monoisotopic (exact) mass is 479 g/mol. The molecule has 1 saturated heterocycles. The van der Waals surface area contributed by atoms with Crippen LogP contribution in [0.4, 0.5) is 5.69 Å². The largest absolute Gasteiger partial charge is 0.595 e. The molecule has 0 bridgehead atoms. The van der Waals surface area contributed by atoms with Gasteiger partial charge in [-0.25, -0.2) is 5.21 Å². The highest BCUT2D eigenvalue weighted by Crippen LogP contribution is 2.76. The molecule has 5 rings (SSSR count). The van der Waals surface area contributed by atoms with E-state index in [9.17, 15) is 15.2 Å². The molecule has 0 amide bonds. The van der Waals surface area contributed by atoms with Gasteiger partial charge in [0, 0.05) is 34.4 Å². The van der Waals surface area contributed by atoms with Crippen molar-refractivity contribution in [2.24, 2.45) is 16.7 Å². The minimum Gasteiger partial charge on any atom is -0.595 e. The number of nitrogens with one attached hydrogen (secondary N) is 1. The van der Waals surface area contributed by atoms with Crippen LogP contribution in [0.2, 0.25) is 0 Å². The number of rotatable bonds is 4. The summed E-state index contributed by atoms with van der Waals surface area (Å²) < 4.78 is 17.8. The van der Waals surface area contributed by atoms with Crippen LogP contribution in [-0.2, 0) is 4.74 Å². The third-order valence-electron chi connectivity index (χ3n) is 8.49. The molecule has 7 nitrogen and oxygen atoms in total. The van der Waals surface area contributed by atoms with Gasteiger partial charge in [-0.05, 0) is 45.6 Å². The molecule has 1 unspecified atom stereocenters. The quantitative estimate of drug-likeness (QED) is 0.630. The van der Waals surface area contributed by atoms with Crippen molar-refractivity contribution in [2.75, 3.05) is 13.7 Å².